The van der Waals surface area contributed by atoms with E-state index in [4.69, 9.17) is 11.6 Å². The fourth-order valence-corrected chi connectivity index (χ4v) is 2.64. The van der Waals surface area contributed by atoms with Crippen molar-refractivity contribution in [2.24, 2.45) is 0 Å². The molecule has 1 aromatic carbocycles. The highest BCUT2D eigenvalue weighted by atomic mass is 79.9. The van der Waals surface area contributed by atoms with Crippen LogP contribution in [-0.4, -0.2) is 15.6 Å². The number of hydrogen-bond donors (Lipinski definition) is 0. The first-order chi connectivity index (χ1) is 9.13. The number of rotatable bonds is 5. The first kappa shape index (κ1) is 14.3. The highest BCUT2D eigenvalue weighted by Crippen LogP contribution is 2.21. The van der Waals surface area contributed by atoms with Crippen molar-refractivity contribution in [1.29, 1.82) is 0 Å². The number of aromatic nitrogens is 2. The molecule has 0 saturated carbocycles. The Morgan fingerprint density at radius 2 is 2.16 bits per heavy atom. The van der Waals surface area contributed by atoms with Crippen molar-refractivity contribution in [3.05, 3.63) is 51.2 Å². The molecule has 19 heavy (non-hydrogen) atoms. The quantitative estimate of drug-likeness (QED) is 0.766. The number of aryl methyl sites for hydroxylation is 1. The fraction of sp³-hybridized carbons (Fsp3) is 0.286. The molecule has 0 aliphatic carbocycles. The topological polar surface area (TPSA) is 34.9 Å². The number of Topliss-reactive ketones (excluding diaryl/α,β-unsaturated/α-hetero) is 1. The number of ketones is 1. The summed E-state index contributed by atoms with van der Waals surface area (Å²) >= 11 is 9.47. The van der Waals surface area contributed by atoms with Crippen molar-refractivity contribution in [3.8, 4) is 0 Å². The molecular formula is C14H14BrClN2O. The molecule has 2 aromatic rings. The van der Waals surface area contributed by atoms with E-state index in [1.54, 1.807) is 16.9 Å². The van der Waals surface area contributed by atoms with Gasteiger partial charge in [0.05, 0.1) is 10.7 Å². The van der Waals surface area contributed by atoms with Crippen molar-refractivity contribution in [3.63, 3.8) is 0 Å². The van der Waals surface area contributed by atoms with Crippen molar-refractivity contribution < 1.29 is 4.79 Å². The molecule has 0 spiro atoms. The molecular weight excluding hydrogens is 328 g/mol. The summed E-state index contributed by atoms with van der Waals surface area (Å²) in [7, 11) is 0. The number of carbonyl (C=O) groups excluding carboxylic acids is 1. The van der Waals surface area contributed by atoms with E-state index in [2.05, 4.69) is 28.0 Å². The second-order valence-corrected chi connectivity index (χ2v) is 5.52. The molecule has 0 radical (unpaired) electrons. The Kier molecular flexibility index (Phi) is 4.77. The van der Waals surface area contributed by atoms with E-state index in [0.29, 0.717) is 10.7 Å². The molecule has 0 bridgehead atoms. The van der Waals surface area contributed by atoms with Crippen LogP contribution < -0.4 is 0 Å². The largest absolute Gasteiger partial charge is 0.292 e. The zero-order valence-corrected chi connectivity index (χ0v) is 12.9. The monoisotopic (exact) mass is 340 g/mol. The molecule has 0 aliphatic rings. The van der Waals surface area contributed by atoms with Crippen molar-refractivity contribution in [1.82, 2.24) is 9.78 Å². The van der Waals surface area contributed by atoms with Crippen LogP contribution in [0.2, 0.25) is 5.02 Å². The van der Waals surface area contributed by atoms with Crippen LogP contribution in [0.4, 0.5) is 0 Å². The van der Waals surface area contributed by atoms with Gasteiger partial charge in [0.15, 0.2) is 5.78 Å². The van der Waals surface area contributed by atoms with Crippen molar-refractivity contribution >= 4 is 33.3 Å². The summed E-state index contributed by atoms with van der Waals surface area (Å²) in [6.45, 7) is 2.78. The standard InChI is InChI=1S/C14H14BrClN2O/c1-2-7-18-14(11(15)9-17-18)13(19)8-10-5-3-4-6-12(10)16/h3-6,9H,2,7-8H2,1H3. The summed E-state index contributed by atoms with van der Waals surface area (Å²) < 4.78 is 2.47. The number of carbonyl (C=O) groups is 1. The predicted octanol–water partition coefficient (Wildman–Crippen LogP) is 4.13. The molecule has 2 rings (SSSR count). The van der Waals surface area contributed by atoms with E-state index in [1.165, 1.54) is 0 Å². The first-order valence-corrected chi connectivity index (χ1v) is 7.28. The molecule has 0 fully saturated rings. The Morgan fingerprint density at radius 3 is 2.84 bits per heavy atom. The number of halogens is 2. The molecule has 0 aliphatic heterocycles. The maximum absolute atomic E-state index is 12.4. The zero-order valence-electron chi connectivity index (χ0n) is 10.6. The summed E-state index contributed by atoms with van der Waals surface area (Å²) in [5.74, 6) is 0.0194. The van der Waals surface area contributed by atoms with Crippen molar-refractivity contribution in [2.75, 3.05) is 0 Å². The molecule has 5 heteroatoms. The average molecular weight is 342 g/mol. The van der Waals surface area contributed by atoms with E-state index in [0.717, 1.165) is 23.0 Å². The minimum absolute atomic E-state index is 0.0194. The highest BCUT2D eigenvalue weighted by molar-refractivity contribution is 9.10. The second kappa shape index (κ2) is 6.35. The van der Waals surface area contributed by atoms with Gasteiger partial charge in [0.2, 0.25) is 0 Å². The second-order valence-electron chi connectivity index (χ2n) is 4.26. The SMILES string of the molecule is CCCn1ncc(Br)c1C(=O)Cc1ccccc1Cl. The van der Waals surface area contributed by atoms with Gasteiger partial charge in [-0.1, -0.05) is 36.7 Å². The molecule has 1 aromatic heterocycles. The Balaban J connectivity index is 2.25. The lowest BCUT2D eigenvalue weighted by molar-refractivity contribution is 0.0981. The van der Waals surface area contributed by atoms with E-state index in [9.17, 15) is 4.79 Å². The smallest absolute Gasteiger partial charge is 0.186 e. The summed E-state index contributed by atoms with van der Waals surface area (Å²) in [5.41, 5.74) is 1.45. The minimum Gasteiger partial charge on any atom is -0.292 e. The van der Waals surface area contributed by atoms with Crippen LogP contribution in [0.25, 0.3) is 0 Å². The number of nitrogens with zero attached hydrogens (tertiary/aromatic N) is 2. The third-order valence-electron chi connectivity index (χ3n) is 2.80. The van der Waals surface area contributed by atoms with E-state index >= 15 is 0 Å². The Bertz CT molecular complexity index is 595. The van der Waals surface area contributed by atoms with Gasteiger partial charge in [-0.15, -0.1) is 0 Å². The normalized spacial score (nSPS) is 10.7. The molecule has 1 heterocycles. The minimum atomic E-state index is 0.0194. The van der Waals surface area contributed by atoms with Gasteiger partial charge >= 0.3 is 0 Å². The van der Waals surface area contributed by atoms with Gasteiger partial charge in [-0.25, -0.2) is 0 Å². The van der Waals surface area contributed by atoms with Gasteiger partial charge in [0.1, 0.15) is 5.69 Å². The number of benzene rings is 1. The van der Waals surface area contributed by atoms with Gasteiger partial charge in [0, 0.05) is 18.0 Å². The maximum atomic E-state index is 12.4. The van der Waals surface area contributed by atoms with Gasteiger partial charge < -0.3 is 0 Å². The van der Waals surface area contributed by atoms with Crippen LogP contribution in [0.3, 0.4) is 0 Å². The maximum Gasteiger partial charge on any atom is 0.186 e. The Labute approximate surface area is 125 Å². The summed E-state index contributed by atoms with van der Waals surface area (Å²) in [5, 5.41) is 4.83. The molecule has 0 N–H and O–H groups in total. The third kappa shape index (κ3) is 3.25. The number of hydrogen-bond acceptors (Lipinski definition) is 2. The Hall–Kier alpha value is -1.13. The van der Waals surface area contributed by atoms with Gasteiger partial charge in [-0.2, -0.15) is 5.10 Å². The molecule has 0 amide bonds. The van der Waals surface area contributed by atoms with Crippen LogP contribution in [0.15, 0.2) is 34.9 Å². The van der Waals surface area contributed by atoms with E-state index < -0.39 is 0 Å². The third-order valence-corrected chi connectivity index (χ3v) is 3.75. The molecule has 100 valence electrons. The molecule has 0 saturated heterocycles. The van der Waals surface area contributed by atoms with Crippen LogP contribution in [0.1, 0.15) is 29.4 Å². The first-order valence-electron chi connectivity index (χ1n) is 6.11. The lowest BCUT2D eigenvalue weighted by atomic mass is 10.1. The molecule has 0 unspecified atom stereocenters. The zero-order chi connectivity index (χ0) is 13.8. The van der Waals surface area contributed by atoms with E-state index in [-0.39, 0.29) is 12.2 Å². The Morgan fingerprint density at radius 1 is 1.42 bits per heavy atom. The fourth-order valence-electron chi connectivity index (χ4n) is 1.92. The predicted molar refractivity (Wildman–Crippen MR) is 79.7 cm³/mol. The highest BCUT2D eigenvalue weighted by Gasteiger charge is 2.18. The van der Waals surface area contributed by atoms with Crippen molar-refractivity contribution in [2.45, 2.75) is 26.3 Å². The van der Waals surface area contributed by atoms with Crippen LogP contribution >= 0.6 is 27.5 Å². The van der Waals surface area contributed by atoms with E-state index in [1.807, 2.05) is 18.2 Å². The average Bonchev–Trinajstić information content (AvgIpc) is 2.74. The summed E-state index contributed by atoms with van der Waals surface area (Å²) in [6.07, 6.45) is 2.88. The molecule has 0 atom stereocenters. The molecule has 3 nitrogen and oxygen atoms in total. The van der Waals surface area contributed by atoms with Crippen LogP contribution in [0, 0.1) is 0 Å². The summed E-state index contributed by atoms with van der Waals surface area (Å²) in [4.78, 5) is 12.4. The lowest BCUT2D eigenvalue weighted by Gasteiger charge is -2.07. The van der Waals surface area contributed by atoms with Crippen LogP contribution in [0.5, 0.6) is 0 Å². The lowest BCUT2D eigenvalue weighted by Crippen LogP contribution is -2.13. The van der Waals surface area contributed by atoms with Gasteiger partial charge in [-0.3, -0.25) is 9.48 Å². The van der Waals surface area contributed by atoms with Crippen LogP contribution in [-0.2, 0) is 13.0 Å². The summed E-state index contributed by atoms with van der Waals surface area (Å²) in [6, 6.07) is 7.40. The van der Waals surface area contributed by atoms with Gasteiger partial charge in [-0.05, 0) is 34.0 Å². The van der Waals surface area contributed by atoms with Gasteiger partial charge in [0.25, 0.3) is 0 Å².